The number of rotatable bonds is 12. The molecule has 0 radical (unpaired) electrons. The molecule has 0 aromatic carbocycles. The third kappa shape index (κ3) is 15.0. The maximum atomic E-state index is 10.5. The molecule has 8 N–H and O–H groups in total. The molecule has 2 unspecified atom stereocenters. The van der Waals surface area contributed by atoms with Gasteiger partial charge in [0.25, 0.3) is 0 Å². The Hall–Kier alpha value is -3.65. The molecule has 0 aromatic rings. The Kier molecular flexibility index (Phi) is 15.0. The molecule has 0 saturated carbocycles. The van der Waals surface area contributed by atoms with Crippen molar-refractivity contribution in [2.75, 3.05) is 0 Å². The Morgan fingerprint density at radius 1 is 0.743 bits per heavy atom. The molecule has 0 heterocycles. The number of nitrogens with zero attached hydrogens (tertiary/aromatic N) is 6. The van der Waals surface area contributed by atoms with Crippen molar-refractivity contribution < 1.29 is 19.8 Å². The quantitative estimate of drug-likeness (QED) is 0.127. The van der Waals surface area contributed by atoms with E-state index < -0.39 is 34.1 Å². The highest BCUT2D eigenvalue weighted by molar-refractivity contribution is 5.87. The molecule has 0 rings (SSSR count). The first kappa shape index (κ1) is 35.9. The van der Waals surface area contributed by atoms with Crippen LogP contribution in [0.3, 0.4) is 0 Å². The monoisotopic (exact) mass is 514 g/mol. The first-order valence-electron chi connectivity index (χ1n) is 10.1. The van der Waals surface area contributed by atoms with Crippen molar-refractivity contribution in [2.45, 2.75) is 89.4 Å². The zero-order valence-electron chi connectivity index (χ0n) is 20.8. The van der Waals surface area contributed by atoms with E-state index in [0.29, 0.717) is 0 Å². The van der Waals surface area contributed by atoms with Crippen LogP contribution in [0.15, 0.2) is 20.5 Å². The van der Waals surface area contributed by atoms with Crippen LogP contribution in [-0.4, -0.2) is 56.0 Å². The summed E-state index contributed by atoms with van der Waals surface area (Å²) in [5, 5.41) is 65.0. The van der Waals surface area contributed by atoms with E-state index in [9.17, 15) is 9.59 Å². The van der Waals surface area contributed by atoms with Gasteiger partial charge in [-0.3, -0.25) is 20.4 Å². The van der Waals surface area contributed by atoms with Crippen LogP contribution in [0.25, 0.3) is 0 Å². The molecule has 15 heteroatoms. The summed E-state index contributed by atoms with van der Waals surface area (Å²) in [5.41, 5.74) is 6.26. The lowest BCUT2D eigenvalue weighted by Crippen LogP contribution is -2.38. The van der Waals surface area contributed by atoms with Crippen molar-refractivity contribution in [1.82, 2.24) is 0 Å². The number of carboxylic acids is 2. The summed E-state index contributed by atoms with van der Waals surface area (Å²) in [7, 11) is 0. The lowest BCUT2D eigenvalue weighted by Gasteiger charge is -2.20. The fourth-order valence-electron chi connectivity index (χ4n) is 1.54. The number of hydrogen-bond donors (Lipinski definition) is 6. The highest BCUT2D eigenvalue weighted by Gasteiger charge is 2.29. The molecule has 35 heavy (non-hydrogen) atoms. The van der Waals surface area contributed by atoms with E-state index in [1.807, 2.05) is 12.1 Å². The Bertz CT molecular complexity index is 848. The zero-order valence-corrected chi connectivity index (χ0v) is 21.6. The van der Waals surface area contributed by atoms with E-state index >= 15 is 0 Å². The molecule has 2 atom stereocenters. The first-order chi connectivity index (χ1) is 15.3. The topological polar surface area (TPSA) is 271 Å². The van der Waals surface area contributed by atoms with E-state index in [2.05, 4.69) is 20.5 Å². The van der Waals surface area contributed by atoms with Crippen LogP contribution in [0.2, 0.25) is 0 Å². The van der Waals surface area contributed by atoms with Crippen molar-refractivity contribution in [3.63, 3.8) is 0 Å². The average Bonchev–Trinajstić information content (AvgIpc) is 2.74. The van der Waals surface area contributed by atoms with Gasteiger partial charge in [0.2, 0.25) is 0 Å². The summed E-state index contributed by atoms with van der Waals surface area (Å²) >= 11 is 0. The van der Waals surface area contributed by atoms with Gasteiger partial charge in [0.1, 0.15) is 22.7 Å². The maximum absolute atomic E-state index is 10.5. The first-order valence-corrected chi connectivity index (χ1v) is 10.1. The minimum atomic E-state index is -1.35. The molecule has 0 bridgehead atoms. The maximum Gasteiger partial charge on any atom is 0.303 e. The van der Waals surface area contributed by atoms with Crippen LogP contribution in [0.1, 0.15) is 67.2 Å². The Morgan fingerprint density at radius 3 is 1.17 bits per heavy atom. The highest BCUT2D eigenvalue weighted by atomic mass is 35.5. The summed E-state index contributed by atoms with van der Waals surface area (Å²) in [6.45, 7) is 9.52. The second kappa shape index (κ2) is 14.6. The van der Waals surface area contributed by atoms with Gasteiger partial charge in [-0.15, -0.1) is 12.4 Å². The number of halogens is 1. The summed E-state index contributed by atoms with van der Waals surface area (Å²) in [6.07, 6.45) is -0.575. The smallest absolute Gasteiger partial charge is 0.303 e. The molecular weight excluding hydrogens is 480 g/mol. The number of nitriles is 2. The number of carboxylic acid groups (broad SMARTS) is 2. The second-order valence-corrected chi connectivity index (χ2v) is 8.90. The number of amidine groups is 2. The fourth-order valence-corrected chi connectivity index (χ4v) is 1.54. The summed E-state index contributed by atoms with van der Waals surface area (Å²) < 4.78 is 0. The standard InChI is InChI=1S/C12H16N4O4.C8H18N6.ClH/c1-11(7-13,5-3-9(17)18)15-16-12(2,8-14)6-4-10(19)20;1-7(2,5(9)10)13-14-8(3,4)6(11)12;/h3-6H2,1-2H3,(H,17,18)(H,19,20);1-4H3,(H3,9,10)(H3,11,12);1H. The number of carbonyl (C=O) groups is 2. The van der Waals surface area contributed by atoms with Crippen LogP contribution >= 0.6 is 12.4 Å². The van der Waals surface area contributed by atoms with Crippen molar-refractivity contribution in [2.24, 2.45) is 31.9 Å². The number of nitrogens with one attached hydrogen (secondary N) is 2. The zero-order chi connectivity index (χ0) is 27.4. The van der Waals surface area contributed by atoms with Crippen LogP contribution in [0, 0.1) is 33.5 Å². The van der Waals surface area contributed by atoms with Gasteiger partial charge in [-0.2, -0.15) is 31.0 Å². The van der Waals surface area contributed by atoms with Crippen molar-refractivity contribution in [3.8, 4) is 12.1 Å². The molecule has 0 amide bonds. The Balaban J connectivity index is -0.000000603. The molecule has 0 spiro atoms. The van der Waals surface area contributed by atoms with Crippen LogP contribution < -0.4 is 11.5 Å². The average molecular weight is 515 g/mol. The molecule has 0 saturated heterocycles. The number of nitrogens with two attached hydrogens (primary N) is 2. The molecule has 0 fully saturated rings. The molecule has 0 aliphatic rings. The third-order valence-corrected chi connectivity index (χ3v) is 4.49. The molecule has 0 aliphatic carbocycles. The van der Waals surface area contributed by atoms with E-state index in [1.165, 1.54) is 13.8 Å². The van der Waals surface area contributed by atoms with Crippen molar-refractivity contribution >= 4 is 36.0 Å². The molecule has 0 aromatic heterocycles. The fraction of sp³-hybridized carbons (Fsp3) is 0.700. The number of azo groups is 2. The van der Waals surface area contributed by atoms with Gasteiger partial charge in [0, 0.05) is 12.8 Å². The summed E-state index contributed by atoms with van der Waals surface area (Å²) in [5.74, 6) is -2.26. The van der Waals surface area contributed by atoms with Gasteiger partial charge in [-0.25, -0.2) is 0 Å². The summed E-state index contributed by atoms with van der Waals surface area (Å²) in [4.78, 5) is 21.0. The number of aliphatic carboxylic acids is 2. The van der Waals surface area contributed by atoms with Crippen LogP contribution in [-0.2, 0) is 9.59 Å². The van der Waals surface area contributed by atoms with Gasteiger partial charge in [0.15, 0.2) is 11.1 Å². The van der Waals surface area contributed by atoms with E-state index in [0.717, 1.165) is 0 Å². The second-order valence-electron chi connectivity index (χ2n) is 8.90. The molecule has 14 nitrogen and oxygen atoms in total. The van der Waals surface area contributed by atoms with E-state index in [1.54, 1.807) is 27.7 Å². The molecule has 0 aliphatic heterocycles. The van der Waals surface area contributed by atoms with Gasteiger partial charge in [0.05, 0.1) is 12.1 Å². The van der Waals surface area contributed by atoms with Gasteiger partial charge >= 0.3 is 11.9 Å². The lowest BCUT2D eigenvalue weighted by atomic mass is 9.97. The van der Waals surface area contributed by atoms with E-state index in [-0.39, 0.29) is 49.8 Å². The molecular formula is C20H35ClN10O4. The predicted octanol–water partition coefficient (Wildman–Crippen LogP) is 3.02. The molecule has 196 valence electrons. The SMILES string of the molecule is CC(C#N)(CCC(=O)O)N=NC(C)(C#N)CCC(=O)O.CC(C)(N=NC(C)(C)C(=N)N)C(=N)N.Cl. The van der Waals surface area contributed by atoms with E-state index in [4.69, 9.17) is 43.0 Å². The minimum absolute atomic E-state index is 0. The lowest BCUT2D eigenvalue weighted by molar-refractivity contribution is -0.138. The van der Waals surface area contributed by atoms with Gasteiger partial charge in [-0.1, -0.05) is 0 Å². The predicted molar refractivity (Wildman–Crippen MR) is 131 cm³/mol. The van der Waals surface area contributed by atoms with Crippen LogP contribution in [0.4, 0.5) is 0 Å². The normalized spacial score (nSPS) is 14.7. The van der Waals surface area contributed by atoms with Crippen LogP contribution in [0.5, 0.6) is 0 Å². The highest BCUT2D eigenvalue weighted by Crippen LogP contribution is 2.23. The van der Waals surface area contributed by atoms with Gasteiger partial charge in [-0.05, 0) is 54.4 Å². The largest absolute Gasteiger partial charge is 0.481 e. The van der Waals surface area contributed by atoms with Gasteiger partial charge < -0.3 is 21.7 Å². The number of hydrogen-bond acceptors (Lipinski definition) is 10. The Labute approximate surface area is 210 Å². The van der Waals surface area contributed by atoms with Crippen molar-refractivity contribution in [3.05, 3.63) is 0 Å². The Morgan fingerprint density at radius 2 is 1.00 bits per heavy atom. The third-order valence-electron chi connectivity index (χ3n) is 4.49. The summed E-state index contributed by atoms with van der Waals surface area (Å²) in [6, 6.07) is 3.69. The minimum Gasteiger partial charge on any atom is -0.481 e. The van der Waals surface area contributed by atoms with Crippen molar-refractivity contribution in [1.29, 1.82) is 21.3 Å².